The second kappa shape index (κ2) is 6.83. The monoisotopic (exact) mass is 366 g/mol. The van der Waals surface area contributed by atoms with Crippen LogP contribution in [0.2, 0.25) is 0 Å². The molecule has 6 nitrogen and oxygen atoms in total. The van der Waals surface area contributed by atoms with Crippen LogP contribution in [0.4, 0.5) is 0 Å². The Morgan fingerprint density at radius 1 is 1.22 bits per heavy atom. The van der Waals surface area contributed by atoms with Crippen molar-refractivity contribution in [1.82, 2.24) is 20.0 Å². The van der Waals surface area contributed by atoms with E-state index in [0.717, 1.165) is 37.1 Å². The van der Waals surface area contributed by atoms with E-state index in [1.165, 1.54) is 0 Å². The van der Waals surface area contributed by atoms with Gasteiger partial charge in [-0.25, -0.2) is 0 Å². The van der Waals surface area contributed by atoms with E-state index in [9.17, 15) is 9.59 Å². The van der Waals surface area contributed by atoms with Crippen LogP contribution in [0, 0.1) is 12.3 Å². The fourth-order valence-electron chi connectivity index (χ4n) is 4.61. The van der Waals surface area contributed by atoms with Gasteiger partial charge in [-0.2, -0.15) is 5.10 Å². The van der Waals surface area contributed by atoms with Crippen LogP contribution in [0.5, 0.6) is 0 Å². The molecule has 3 heterocycles. The van der Waals surface area contributed by atoms with Gasteiger partial charge in [-0.1, -0.05) is 30.3 Å². The van der Waals surface area contributed by atoms with E-state index in [1.54, 1.807) is 6.07 Å². The Morgan fingerprint density at radius 2 is 1.93 bits per heavy atom. The number of H-pyrrole nitrogens is 1. The average molecular weight is 366 g/mol. The Balaban J connectivity index is 1.48. The number of aryl methyl sites for hydroxylation is 1. The standard InChI is InChI=1S/C21H26N4O2/c1-15-12-18(23-22-15)20(27)25-10-8-21(9-11-25)13-17(19(26)24(2)14-21)16-6-4-3-5-7-16/h3-7,12,17H,8-11,13-14H2,1-2H3,(H,22,23)/t17-/m1/s1. The number of piperidine rings is 2. The Bertz CT molecular complexity index is 837. The Morgan fingerprint density at radius 3 is 2.56 bits per heavy atom. The van der Waals surface area contributed by atoms with Gasteiger partial charge in [-0.05, 0) is 43.2 Å². The molecule has 2 aliphatic rings. The number of carbonyl (C=O) groups is 2. The lowest BCUT2D eigenvalue weighted by atomic mass is 9.67. The number of likely N-dealkylation sites (N-methyl/N-ethyl adjacent to an activating group) is 1. The molecule has 0 aliphatic carbocycles. The molecule has 1 N–H and O–H groups in total. The highest BCUT2D eigenvalue weighted by Gasteiger charge is 2.45. The minimum Gasteiger partial charge on any atom is -0.345 e. The lowest BCUT2D eigenvalue weighted by molar-refractivity contribution is -0.139. The number of carbonyl (C=O) groups excluding carboxylic acids is 2. The van der Waals surface area contributed by atoms with E-state index in [1.807, 2.05) is 54.1 Å². The Kier molecular flexibility index (Phi) is 4.50. The van der Waals surface area contributed by atoms with Crippen LogP contribution in [0.3, 0.4) is 0 Å². The molecule has 0 radical (unpaired) electrons. The third-order valence-corrected chi connectivity index (χ3v) is 6.12. The largest absolute Gasteiger partial charge is 0.345 e. The topological polar surface area (TPSA) is 69.3 Å². The summed E-state index contributed by atoms with van der Waals surface area (Å²) in [5.41, 5.74) is 2.56. The Labute approximate surface area is 159 Å². The van der Waals surface area contributed by atoms with Gasteiger partial charge in [0.15, 0.2) is 0 Å². The lowest BCUT2D eigenvalue weighted by Gasteiger charge is -2.49. The molecule has 27 heavy (non-hydrogen) atoms. The van der Waals surface area contributed by atoms with Gasteiger partial charge in [0.1, 0.15) is 5.69 Å². The minimum absolute atomic E-state index is 0.00551. The SMILES string of the molecule is Cc1cc(C(=O)N2CCC3(CC2)C[C@H](c2ccccc2)C(=O)N(C)C3)n[nH]1. The van der Waals surface area contributed by atoms with Crippen molar-refractivity contribution in [3.05, 3.63) is 53.3 Å². The fraction of sp³-hybridized carbons (Fsp3) is 0.476. The van der Waals surface area contributed by atoms with E-state index in [0.29, 0.717) is 18.8 Å². The molecule has 4 rings (SSSR count). The second-order valence-electron chi connectivity index (χ2n) is 8.09. The number of hydrogen-bond donors (Lipinski definition) is 1. The summed E-state index contributed by atoms with van der Waals surface area (Å²) in [6, 6.07) is 11.9. The molecule has 0 unspecified atom stereocenters. The number of nitrogens with zero attached hydrogens (tertiary/aromatic N) is 3. The number of benzene rings is 1. The zero-order valence-corrected chi connectivity index (χ0v) is 15.9. The molecule has 142 valence electrons. The molecular weight excluding hydrogens is 340 g/mol. The highest BCUT2D eigenvalue weighted by atomic mass is 16.2. The van der Waals surface area contributed by atoms with Gasteiger partial charge < -0.3 is 9.80 Å². The summed E-state index contributed by atoms with van der Waals surface area (Å²) in [5, 5.41) is 6.94. The molecular formula is C21H26N4O2. The summed E-state index contributed by atoms with van der Waals surface area (Å²) in [6.45, 7) is 4.11. The number of amides is 2. The van der Waals surface area contributed by atoms with Crippen molar-refractivity contribution in [2.75, 3.05) is 26.7 Å². The third-order valence-electron chi connectivity index (χ3n) is 6.12. The normalized spacial score (nSPS) is 22.3. The van der Waals surface area contributed by atoms with Crippen LogP contribution >= 0.6 is 0 Å². The molecule has 0 saturated carbocycles. The lowest BCUT2D eigenvalue weighted by Crippen LogP contribution is -2.53. The summed E-state index contributed by atoms with van der Waals surface area (Å²) in [6.07, 6.45) is 2.70. The van der Waals surface area contributed by atoms with Crippen molar-refractivity contribution >= 4 is 11.8 Å². The summed E-state index contributed by atoms with van der Waals surface area (Å²) in [7, 11) is 1.91. The fourth-order valence-corrected chi connectivity index (χ4v) is 4.61. The smallest absolute Gasteiger partial charge is 0.274 e. The summed E-state index contributed by atoms with van der Waals surface area (Å²) in [4.78, 5) is 29.2. The second-order valence-corrected chi connectivity index (χ2v) is 8.09. The van der Waals surface area contributed by atoms with Crippen molar-refractivity contribution in [2.24, 2.45) is 5.41 Å². The highest BCUT2D eigenvalue weighted by Crippen LogP contribution is 2.45. The first-order valence-electron chi connectivity index (χ1n) is 9.59. The first kappa shape index (κ1) is 17.8. The van der Waals surface area contributed by atoms with Gasteiger partial charge in [-0.3, -0.25) is 14.7 Å². The summed E-state index contributed by atoms with van der Waals surface area (Å²) < 4.78 is 0. The van der Waals surface area contributed by atoms with Crippen molar-refractivity contribution in [3.8, 4) is 0 Å². The van der Waals surface area contributed by atoms with E-state index in [4.69, 9.17) is 0 Å². The van der Waals surface area contributed by atoms with Crippen LogP contribution in [-0.4, -0.2) is 58.5 Å². The molecule has 2 saturated heterocycles. The van der Waals surface area contributed by atoms with Gasteiger partial charge in [0, 0.05) is 32.4 Å². The van der Waals surface area contributed by atoms with Gasteiger partial charge >= 0.3 is 0 Å². The molecule has 1 atom stereocenters. The summed E-state index contributed by atoms with van der Waals surface area (Å²) >= 11 is 0. The van der Waals surface area contributed by atoms with Crippen molar-refractivity contribution in [3.63, 3.8) is 0 Å². The molecule has 0 bridgehead atoms. The first-order chi connectivity index (χ1) is 13.0. The van der Waals surface area contributed by atoms with Gasteiger partial charge in [0.05, 0.1) is 5.92 Å². The van der Waals surface area contributed by atoms with Crippen LogP contribution in [0.1, 0.15) is 46.9 Å². The third kappa shape index (κ3) is 3.36. The van der Waals surface area contributed by atoms with Crippen molar-refractivity contribution < 1.29 is 9.59 Å². The molecule has 1 spiro atoms. The molecule has 2 amide bonds. The molecule has 1 aromatic carbocycles. The number of aromatic nitrogens is 2. The van der Waals surface area contributed by atoms with E-state index in [-0.39, 0.29) is 23.1 Å². The van der Waals surface area contributed by atoms with Crippen LogP contribution in [-0.2, 0) is 4.79 Å². The maximum atomic E-state index is 12.8. The predicted octanol–water partition coefficient (Wildman–Crippen LogP) is 2.59. The maximum absolute atomic E-state index is 12.8. The predicted molar refractivity (Wildman–Crippen MR) is 102 cm³/mol. The van der Waals surface area contributed by atoms with Gasteiger partial charge in [-0.15, -0.1) is 0 Å². The molecule has 2 fully saturated rings. The molecule has 6 heteroatoms. The highest BCUT2D eigenvalue weighted by molar-refractivity contribution is 5.92. The molecule has 1 aromatic heterocycles. The van der Waals surface area contributed by atoms with Crippen molar-refractivity contribution in [1.29, 1.82) is 0 Å². The zero-order chi connectivity index (χ0) is 19.0. The number of aromatic amines is 1. The first-order valence-corrected chi connectivity index (χ1v) is 9.59. The van der Waals surface area contributed by atoms with Crippen LogP contribution in [0.15, 0.2) is 36.4 Å². The Hall–Kier alpha value is -2.63. The van der Waals surface area contributed by atoms with E-state index >= 15 is 0 Å². The quantitative estimate of drug-likeness (QED) is 0.888. The number of hydrogen-bond acceptors (Lipinski definition) is 3. The number of likely N-dealkylation sites (tertiary alicyclic amines) is 2. The van der Waals surface area contributed by atoms with E-state index in [2.05, 4.69) is 10.2 Å². The average Bonchev–Trinajstić information content (AvgIpc) is 3.12. The number of rotatable bonds is 2. The van der Waals surface area contributed by atoms with Gasteiger partial charge in [0.25, 0.3) is 5.91 Å². The van der Waals surface area contributed by atoms with Crippen LogP contribution < -0.4 is 0 Å². The number of nitrogens with one attached hydrogen (secondary N) is 1. The minimum atomic E-state index is -0.0822. The van der Waals surface area contributed by atoms with Crippen LogP contribution in [0.25, 0.3) is 0 Å². The van der Waals surface area contributed by atoms with E-state index < -0.39 is 0 Å². The van der Waals surface area contributed by atoms with Crippen molar-refractivity contribution in [2.45, 2.75) is 32.1 Å². The summed E-state index contributed by atoms with van der Waals surface area (Å²) in [5.74, 6) is 0.118. The molecule has 2 aliphatic heterocycles. The molecule has 2 aromatic rings. The maximum Gasteiger partial charge on any atom is 0.274 e. The van der Waals surface area contributed by atoms with Gasteiger partial charge in [0.2, 0.25) is 5.91 Å². The zero-order valence-electron chi connectivity index (χ0n) is 15.9.